The van der Waals surface area contributed by atoms with Crippen molar-refractivity contribution in [1.29, 1.82) is 0 Å². The fourth-order valence-corrected chi connectivity index (χ4v) is 4.44. The molecule has 1 atom stereocenters. The largest absolute Gasteiger partial charge is 0.454 e. The lowest BCUT2D eigenvalue weighted by atomic mass is 10.1. The van der Waals surface area contributed by atoms with Gasteiger partial charge in [-0.25, -0.2) is 4.79 Å². The molecule has 0 aromatic heterocycles. The van der Waals surface area contributed by atoms with Gasteiger partial charge in [0.25, 0.3) is 5.91 Å². The molecule has 14 heteroatoms. The Morgan fingerprint density at radius 2 is 1.80 bits per heavy atom. The van der Waals surface area contributed by atoms with Crippen LogP contribution in [0.1, 0.15) is 48.7 Å². The van der Waals surface area contributed by atoms with Gasteiger partial charge in [0.1, 0.15) is 5.60 Å². The second-order valence-corrected chi connectivity index (χ2v) is 10.8. The molecule has 41 heavy (non-hydrogen) atoms. The first-order valence-corrected chi connectivity index (χ1v) is 12.9. The summed E-state index contributed by atoms with van der Waals surface area (Å²) in [5, 5.41) is 7.45. The van der Waals surface area contributed by atoms with Crippen LogP contribution in [-0.4, -0.2) is 60.9 Å². The summed E-state index contributed by atoms with van der Waals surface area (Å²) in [5.41, 5.74) is 4.95. The average Bonchev–Trinajstić information content (AvgIpc) is 3.50. The van der Waals surface area contributed by atoms with Gasteiger partial charge < -0.3 is 30.6 Å². The molecule has 0 radical (unpaired) electrons. The number of likely N-dealkylation sites (tertiary alicyclic amines) is 1. The number of hydrogen-bond acceptors (Lipinski definition) is 8. The van der Waals surface area contributed by atoms with Gasteiger partial charge in [-0.15, -0.1) is 0 Å². The second kappa shape index (κ2) is 11.7. The van der Waals surface area contributed by atoms with Crippen LogP contribution in [0.15, 0.2) is 30.3 Å². The zero-order valence-corrected chi connectivity index (χ0v) is 22.8. The van der Waals surface area contributed by atoms with Crippen molar-refractivity contribution < 1.29 is 41.8 Å². The molecule has 4 rings (SSSR count). The molecular weight excluding hydrogens is 547 g/mol. The Kier molecular flexibility index (Phi) is 8.52. The maximum atomic E-state index is 13.3. The van der Waals surface area contributed by atoms with E-state index >= 15 is 0 Å². The van der Waals surface area contributed by atoms with Gasteiger partial charge in [-0.1, -0.05) is 0 Å². The van der Waals surface area contributed by atoms with Gasteiger partial charge in [-0.05, 0) is 57.0 Å². The number of benzene rings is 2. The molecule has 0 spiro atoms. The van der Waals surface area contributed by atoms with E-state index in [9.17, 15) is 27.6 Å². The molecule has 0 aliphatic carbocycles. The normalized spacial score (nSPS) is 16.8. The number of nitrogens with two attached hydrogens (primary N) is 1. The molecule has 2 aliphatic rings. The minimum absolute atomic E-state index is 0.141. The van der Waals surface area contributed by atoms with Crippen molar-refractivity contribution in [3.63, 3.8) is 0 Å². The molecule has 3 amide bonds. The molecular formula is C27H32F3N5O6. The fraction of sp³-hybridized carbons (Fsp3) is 0.444. The number of nitrogens with zero attached hydrogens (tertiary/aromatic N) is 1. The number of anilines is 2. The minimum atomic E-state index is -4.73. The number of carbonyl (C=O) groups is 3. The van der Waals surface area contributed by atoms with E-state index in [0.29, 0.717) is 49.3 Å². The van der Waals surface area contributed by atoms with E-state index in [-0.39, 0.29) is 18.5 Å². The summed E-state index contributed by atoms with van der Waals surface area (Å²) in [7, 11) is 0. The molecule has 2 aromatic carbocycles. The van der Waals surface area contributed by atoms with E-state index in [0.717, 1.165) is 17.7 Å². The van der Waals surface area contributed by atoms with Gasteiger partial charge >= 0.3 is 12.3 Å². The van der Waals surface area contributed by atoms with Crippen molar-refractivity contribution in [2.24, 2.45) is 0 Å². The van der Waals surface area contributed by atoms with E-state index in [1.165, 1.54) is 0 Å². The number of nitrogens with one attached hydrogen (secondary N) is 3. The van der Waals surface area contributed by atoms with Gasteiger partial charge in [0.15, 0.2) is 11.5 Å². The van der Waals surface area contributed by atoms with Gasteiger partial charge in [-0.3, -0.25) is 19.8 Å². The summed E-state index contributed by atoms with van der Waals surface area (Å²) in [4.78, 5) is 39.7. The van der Waals surface area contributed by atoms with Crippen molar-refractivity contribution >= 4 is 29.3 Å². The van der Waals surface area contributed by atoms with Crippen LogP contribution in [0, 0.1) is 0 Å². The highest BCUT2D eigenvalue weighted by molar-refractivity contribution is 6.04. The fourth-order valence-electron chi connectivity index (χ4n) is 4.44. The third-order valence-corrected chi connectivity index (χ3v) is 6.30. The number of alkyl halides is 3. The van der Waals surface area contributed by atoms with Gasteiger partial charge in [-0.2, -0.15) is 13.2 Å². The predicted octanol–water partition coefficient (Wildman–Crippen LogP) is 3.48. The first-order chi connectivity index (χ1) is 19.2. The van der Waals surface area contributed by atoms with E-state index in [1.807, 2.05) is 6.07 Å². The van der Waals surface area contributed by atoms with Gasteiger partial charge in [0.2, 0.25) is 12.7 Å². The number of hydrogen-bond donors (Lipinski definition) is 4. The molecule has 11 nitrogen and oxygen atoms in total. The lowest BCUT2D eigenvalue weighted by Crippen LogP contribution is -2.43. The Balaban J connectivity index is 1.33. The number of halogens is 3. The summed E-state index contributed by atoms with van der Waals surface area (Å²) in [6.07, 6.45) is -5.02. The Morgan fingerprint density at radius 3 is 2.49 bits per heavy atom. The maximum Gasteiger partial charge on any atom is 0.416 e. The topological polar surface area (TPSA) is 144 Å². The zero-order chi connectivity index (χ0) is 29.9. The Bertz CT molecular complexity index is 1330. The number of nitrogen functional groups attached to an aromatic ring is 1. The predicted molar refractivity (Wildman–Crippen MR) is 142 cm³/mol. The van der Waals surface area contributed by atoms with Crippen LogP contribution in [-0.2, 0) is 22.3 Å². The first-order valence-electron chi connectivity index (χ1n) is 12.9. The van der Waals surface area contributed by atoms with E-state index in [1.54, 1.807) is 26.8 Å². The Labute approximate surface area is 234 Å². The third-order valence-electron chi connectivity index (χ3n) is 6.30. The molecule has 0 saturated carbocycles. The lowest BCUT2D eigenvalue weighted by Gasteiger charge is -2.21. The van der Waals surface area contributed by atoms with Crippen LogP contribution in [0.25, 0.3) is 0 Å². The molecule has 222 valence electrons. The monoisotopic (exact) mass is 579 g/mol. The highest BCUT2D eigenvalue weighted by atomic mass is 19.4. The maximum absolute atomic E-state index is 13.3. The van der Waals surface area contributed by atoms with Crippen molar-refractivity contribution in [3.05, 3.63) is 47.0 Å². The van der Waals surface area contributed by atoms with Gasteiger partial charge in [0.05, 0.1) is 23.4 Å². The van der Waals surface area contributed by atoms with Crippen molar-refractivity contribution in [2.75, 3.05) is 37.5 Å². The van der Waals surface area contributed by atoms with Crippen molar-refractivity contribution in [2.45, 2.75) is 51.6 Å². The quantitative estimate of drug-likeness (QED) is 0.365. The first kappa shape index (κ1) is 29.8. The Hall–Kier alpha value is -4.20. The van der Waals surface area contributed by atoms with Crippen LogP contribution in [0.2, 0.25) is 0 Å². The van der Waals surface area contributed by atoms with Crippen LogP contribution < -0.4 is 31.2 Å². The molecule has 1 saturated heterocycles. The van der Waals surface area contributed by atoms with E-state index in [2.05, 4.69) is 20.9 Å². The van der Waals surface area contributed by atoms with Gasteiger partial charge in [0, 0.05) is 37.4 Å². The molecule has 2 aliphatic heterocycles. The second-order valence-electron chi connectivity index (χ2n) is 10.8. The number of fused-ring (bicyclic) bond motifs is 1. The summed E-state index contributed by atoms with van der Waals surface area (Å²) < 4.78 is 55.8. The van der Waals surface area contributed by atoms with Crippen molar-refractivity contribution in [1.82, 2.24) is 15.5 Å². The van der Waals surface area contributed by atoms with Crippen LogP contribution in [0.3, 0.4) is 0 Å². The van der Waals surface area contributed by atoms with Crippen LogP contribution in [0.5, 0.6) is 11.5 Å². The Morgan fingerprint density at radius 1 is 1.10 bits per heavy atom. The summed E-state index contributed by atoms with van der Waals surface area (Å²) >= 11 is 0. The molecule has 0 bridgehead atoms. The molecule has 0 unspecified atom stereocenters. The number of carbonyl (C=O) groups excluding carboxylic acids is 3. The molecule has 2 aromatic rings. The number of amides is 3. The smallest absolute Gasteiger partial charge is 0.416 e. The SMILES string of the molecule is CC(C)(C)OC(=O)Nc1ccc(C(F)(F)F)cc1C(=O)NCC(=O)N[C@@H]1CCN(Cc2cc3c(cc2N)OCO3)C1. The van der Waals surface area contributed by atoms with E-state index in [4.69, 9.17) is 19.9 Å². The van der Waals surface area contributed by atoms with Crippen molar-refractivity contribution in [3.8, 4) is 11.5 Å². The molecule has 1 fully saturated rings. The number of ether oxygens (including phenoxy) is 3. The number of rotatable bonds is 7. The zero-order valence-electron chi connectivity index (χ0n) is 22.8. The average molecular weight is 580 g/mol. The van der Waals surface area contributed by atoms with Crippen LogP contribution in [0.4, 0.5) is 29.3 Å². The summed E-state index contributed by atoms with van der Waals surface area (Å²) in [5.74, 6) is -0.262. The van der Waals surface area contributed by atoms with E-state index < -0.39 is 47.4 Å². The van der Waals surface area contributed by atoms with Crippen LogP contribution >= 0.6 is 0 Å². The standard InChI is InChI=1S/C27H32F3N5O6/c1-26(2,3)41-25(38)34-20-5-4-16(27(28,29)30)9-18(20)24(37)32-11-23(36)33-17-6-7-35(13-17)12-15-8-21-22(10-19(15)31)40-14-39-21/h4-5,8-10,17H,6-7,11-14,31H2,1-3H3,(H,32,37)(H,33,36)(H,34,38)/t17-/m1/s1. The summed E-state index contributed by atoms with van der Waals surface area (Å²) in [6, 6.07) is 5.65. The minimum Gasteiger partial charge on any atom is -0.454 e. The molecule has 5 N–H and O–H groups in total. The highest BCUT2D eigenvalue weighted by Gasteiger charge is 2.32. The molecule has 2 heterocycles. The lowest BCUT2D eigenvalue weighted by molar-refractivity contribution is -0.137. The summed E-state index contributed by atoms with van der Waals surface area (Å²) in [6.45, 7) is 6.26. The highest BCUT2D eigenvalue weighted by Crippen LogP contribution is 2.36. The third kappa shape index (κ3) is 7.93.